The number of amides is 3. The highest BCUT2D eigenvalue weighted by molar-refractivity contribution is 6.06. The lowest BCUT2D eigenvalue weighted by Crippen LogP contribution is -2.55. The third kappa shape index (κ3) is 3.75. The first kappa shape index (κ1) is 20.3. The van der Waals surface area contributed by atoms with Gasteiger partial charge in [0.05, 0.1) is 31.1 Å². The van der Waals surface area contributed by atoms with Gasteiger partial charge in [0.15, 0.2) is 12.7 Å². The molecule has 2 aromatic rings. The zero-order valence-electron chi connectivity index (χ0n) is 17.4. The Balaban J connectivity index is 1.40. The molecule has 166 valence electrons. The van der Waals surface area contributed by atoms with Crippen molar-refractivity contribution >= 4 is 29.1 Å². The van der Waals surface area contributed by atoms with E-state index in [-0.39, 0.29) is 37.4 Å². The smallest absolute Gasteiger partial charge is 0.265 e. The number of morpholine rings is 1. The summed E-state index contributed by atoms with van der Waals surface area (Å²) in [6.07, 6.45) is -0.820. The number of hydrogen-bond acceptors (Lipinski definition) is 6. The molecule has 1 saturated heterocycles. The molecule has 2 aromatic carbocycles. The summed E-state index contributed by atoms with van der Waals surface area (Å²) in [5, 5.41) is 0. The monoisotopic (exact) mass is 437 g/mol. The number of ether oxygens (including phenoxy) is 3. The fourth-order valence-electron chi connectivity index (χ4n) is 4.13. The van der Waals surface area contributed by atoms with Crippen LogP contribution in [0.5, 0.6) is 11.5 Å². The van der Waals surface area contributed by atoms with Crippen molar-refractivity contribution in [1.29, 1.82) is 0 Å². The SMILES string of the molecule is O=C([C@H]1CN(C(=O)CN2C(=O)COc3ccccc32)c2ccccc2O1)N1CCOCC1. The molecule has 9 heteroatoms. The molecule has 0 saturated carbocycles. The number of anilines is 2. The highest BCUT2D eigenvalue weighted by Crippen LogP contribution is 2.35. The minimum absolute atomic E-state index is 0.0756. The van der Waals surface area contributed by atoms with Gasteiger partial charge in [-0.1, -0.05) is 24.3 Å². The van der Waals surface area contributed by atoms with E-state index < -0.39 is 6.10 Å². The van der Waals surface area contributed by atoms with Gasteiger partial charge in [-0.3, -0.25) is 19.3 Å². The van der Waals surface area contributed by atoms with Gasteiger partial charge in [-0.2, -0.15) is 0 Å². The maximum Gasteiger partial charge on any atom is 0.265 e. The fraction of sp³-hybridized carbons (Fsp3) is 0.348. The molecular weight excluding hydrogens is 414 g/mol. The molecule has 0 N–H and O–H groups in total. The zero-order chi connectivity index (χ0) is 22.1. The molecule has 32 heavy (non-hydrogen) atoms. The molecule has 0 radical (unpaired) electrons. The van der Waals surface area contributed by atoms with Crippen LogP contribution in [-0.2, 0) is 19.1 Å². The molecule has 3 aliphatic heterocycles. The fourth-order valence-corrected chi connectivity index (χ4v) is 4.13. The molecule has 1 fully saturated rings. The van der Waals surface area contributed by atoms with Gasteiger partial charge < -0.3 is 24.0 Å². The van der Waals surface area contributed by atoms with Crippen LogP contribution >= 0.6 is 0 Å². The summed E-state index contributed by atoms with van der Waals surface area (Å²) < 4.78 is 16.8. The van der Waals surface area contributed by atoms with Crippen LogP contribution in [0.15, 0.2) is 48.5 Å². The highest BCUT2D eigenvalue weighted by Gasteiger charge is 2.38. The number of carbonyl (C=O) groups excluding carboxylic acids is 3. The predicted molar refractivity (Wildman–Crippen MR) is 115 cm³/mol. The van der Waals surface area contributed by atoms with Crippen LogP contribution in [0.25, 0.3) is 0 Å². The van der Waals surface area contributed by atoms with Crippen molar-refractivity contribution in [3.05, 3.63) is 48.5 Å². The van der Waals surface area contributed by atoms with Crippen LogP contribution in [0.3, 0.4) is 0 Å². The van der Waals surface area contributed by atoms with Gasteiger partial charge in [0.1, 0.15) is 18.0 Å². The molecule has 3 aliphatic rings. The van der Waals surface area contributed by atoms with Crippen molar-refractivity contribution in [2.75, 3.05) is 55.8 Å². The first-order valence-electron chi connectivity index (χ1n) is 10.6. The van der Waals surface area contributed by atoms with Crippen molar-refractivity contribution in [1.82, 2.24) is 4.90 Å². The van der Waals surface area contributed by atoms with Gasteiger partial charge >= 0.3 is 0 Å². The van der Waals surface area contributed by atoms with E-state index in [1.165, 1.54) is 9.80 Å². The van der Waals surface area contributed by atoms with Crippen LogP contribution in [0, 0.1) is 0 Å². The van der Waals surface area contributed by atoms with E-state index in [2.05, 4.69) is 0 Å². The Bertz CT molecular complexity index is 1050. The second-order valence-electron chi connectivity index (χ2n) is 7.75. The van der Waals surface area contributed by atoms with E-state index in [1.807, 2.05) is 12.1 Å². The van der Waals surface area contributed by atoms with Gasteiger partial charge in [0.2, 0.25) is 5.91 Å². The molecule has 9 nitrogen and oxygen atoms in total. The lowest BCUT2D eigenvalue weighted by Gasteiger charge is -2.38. The first-order valence-corrected chi connectivity index (χ1v) is 10.6. The van der Waals surface area contributed by atoms with Crippen molar-refractivity contribution in [3.8, 4) is 11.5 Å². The van der Waals surface area contributed by atoms with Crippen molar-refractivity contribution in [2.45, 2.75) is 6.10 Å². The quantitative estimate of drug-likeness (QED) is 0.714. The standard InChI is InChI=1S/C23H23N3O6/c27-21(14-26-16-5-1-3-7-18(16)31-15-22(26)28)25-13-20(23(29)24-9-11-30-12-10-24)32-19-8-4-2-6-17(19)25/h1-8,20H,9-15H2/t20-/m1/s1. The van der Waals surface area contributed by atoms with Crippen LogP contribution in [0.2, 0.25) is 0 Å². The largest absolute Gasteiger partial charge is 0.482 e. The lowest BCUT2D eigenvalue weighted by atomic mass is 10.1. The summed E-state index contributed by atoms with van der Waals surface area (Å²) in [7, 11) is 0. The number of rotatable bonds is 3. The Labute approximate surface area is 185 Å². The normalized spacial score (nSPS) is 20.1. The molecule has 5 rings (SSSR count). The van der Waals surface area contributed by atoms with Crippen molar-refractivity contribution in [3.63, 3.8) is 0 Å². The Kier molecular flexibility index (Phi) is 5.40. The number of para-hydroxylation sites is 4. The van der Waals surface area contributed by atoms with Gasteiger partial charge in [-0.15, -0.1) is 0 Å². The van der Waals surface area contributed by atoms with Gasteiger partial charge in [0, 0.05) is 13.1 Å². The maximum absolute atomic E-state index is 13.4. The van der Waals surface area contributed by atoms with E-state index in [9.17, 15) is 14.4 Å². The van der Waals surface area contributed by atoms with Gasteiger partial charge in [-0.25, -0.2) is 0 Å². The summed E-state index contributed by atoms with van der Waals surface area (Å²) in [5.41, 5.74) is 1.14. The van der Waals surface area contributed by atoms with E-state index in [0.29, 0.717) is 49.2 Å². The average Bonchev–Trinajstić information content (AvgIpc) is 2.85. The predicted octanol–water partition coefficient (Wildman–Crippen LogP) is 1.07. The average molecular weight is 437 g/mol. The number of carbonyl (C=O) groups is 3. The topological polar surface area (TPSA) is 88.6 Å². The number of nitrogens with zero attached hydrogens (tertiary/aromatic N) is 3. The summed E-state index contributed by atoms with van der Waals surface area (Å²) in [6.45, 7) is 1.74. The van der Waals surface area contributed by atoms with E-state index in [4.69, 9.17) is 14.2 Å². The number of fused-ring (bicyclic) bond motifs is 2. The summed E-state index contributed by atoms with van der Waals surface area (Å²) in [6, 6.07) is 14.2. The zero-order valence-corrected chi connectivity index (χ0v) is 17.4. The van der Waals surface area contributed by atoms with Crippen LogP contribution < -0.4 is 19.3 Å². The van der Waals surface area contributed by atoms with Gasteiger partial charge in [0.25, 0.3) is 11.8 Å². The molecule has 3 amide bonds. The minimum atomic E-state index is -0.820. The molecule has 0 spiro atoms. The highest BCUT2D eigenvalue weighted by atomic mass is 16.5. The third-order valence-corrected chi connectivity index (χ3v) is 5.77. The molecular formula is C23H23N3O6. The van der Waals surface area contributed by atoms with E-state index in [0.717, 1.165) is 0 Å². The maximum atomic E-state index is 13.4. The second-order valence-corrected chi connectivity index (χ2v) is 7.75. The van der Waals surface area contributed by atoms with Crippen LogP contribution in [0.4, 0.5) is 11.4 Å². The van der Waals surface area contributed by atoms with Crippen LogP contribution in [0.1, 0.15) is 0 Å². The molecule has 0 aliphatic carbocycles. The lowest BCUT2D eigenvalue weighted by molar-refractivity contribution is -0.142. The summed E-state index contributed by atoms with van der Waals surface area (Å²) in [4.78, 5) is 43.7. The number of hydrogen-bond donors (Lipinski definition) is 0. The minimum Gasteiger partial charge on any atom is -0.482 e. The Morgan fingerprint density at radius 1 is 0.938 bits per heavy atom. The molecule has 0 aromatic heterocycles. The van der Waals surface area contributed by atoms with E-state index in [1.54, 1.807) is 41.3 Å². The van der Waals surface area contributed by atoms with Crippen molar-refractivity contribution < 1.29 is 28.6 Å². The number of benzene rings is 2. The molecule has 0 bridgehead atoms. The second kappa shape index (κ2) is 8.51. The van der Waals surface area contributed by atoms with E-state index >= 15 is 0 Å². The summed E-state index contributed by atoms with van der Waals surface area (Å²) >= 11 is 0. The Hall–Kier alpha value is -3.59. The molecule has 3 heterocycles. The van der Waals surface area contributed by atoms with Crippen LogP contribution in [-0.4, -0.2) is 74.7 Å². The van der Waals surface area contributed by atoms with Gasteiger partial charge in [-0.05, 0) is 24.3 Å². The Morgan fingerprint density at radius 3 is 2.41 bits per heavy atom. The molecule has 1 atom stereocenters. The molecule has 0 unspecified atom stereocenters. The summed E-state index contributed by atoms with van der Waals surface area (Å²) in [5.74, 6) is 0.258. The van der Waals surface area contributed by atoms with Crippen molar-refractivity contribution in [2.24, 2.45) is 0 Å². The third-order valence-electron chi connectivity index (χ3n) is 5.77. The Morgan fingerprint density at radius 2 is 1.62 bits per heavy atom. The first-order chi connectivity index (χ1) is 15.6.